The molecule has 0 aliphatic rings. The second-order valence-corrected chi connectivity index (χ2v) is 18.3. The molecule has 68 heavy (non-hydrogen) atoms. The summed E-state index contributed by atoms with van der Waals surface area (Å²) in [4.78, 5) is 0. The van der Waals surface area contributed by atoms with Crippen molar-refractivity contribution in [2.45, 2.75) is 0 Å². The second-order valence-electron chi connectivity index (χ2n) is 18.3. The SMILES string of the molecule is c1ccc(-c2cccc(-c3ccc4c5c6c7ccccc7n7c8cc(-c9cccc(-c%10ccccc%10)c9-c9ccccc9)ccc8c(c8c9ccccc9n(c4c3)c85)c67)c2-c2ccccc2)cc1. The molecular formula is C66H40N2. The minimum Gasteiger partial charge on any atom is -0.308 e. The summed E-state index contributed by atoms with van der Waals surface area (Å²) in [6, 6.07) is 89.6. The summed E-state index contributed by atoms with van der Waals surface area (Å²) in [6.07, 6.45) is 0. The van der Waals surface area contributed by atoms with Crippen molar-refractivity contribution in [2.75, 3.05) is 0 Å². The van der Waals surface area contributed by atoms with Gasteiger partial charge in [-0.05, 0) is 91.0 Å². The summed E-state index contributed by atoms with van der Waals surface area (Å²) >= 11 is 0. The molecule has 0 saturated heterocycles. The van der Waals surface area contributed by atoms with E-state index in [2.05, 4.69) is 251 Å². The third-order valence-electron chi connectivity index (χ3n) is 14.8. The Kier molecular flexibility index (Phi) is 7.81. The normalized spacial score (nSPS) is 12.1. The van der Waals surface area contributed by atoms with Crippen LogP contribution in [0.5, 0.6) is 0 Å². The van der Waals surface area contributed by atoms with E-state index >= 15 is 0 Å². The quantitative estimate of drug-likeness (QED) is 0.157. The van der Waals surface area contributed by atoms with E-state index in [9.17, 15) is 0 Å². The van der Waals surface area contributed by atoms with Gasteiger partial charge in [-0.25, -0.2) is 0 Å². The smallest absolute Gasteiger partial charge is 0.0634 e. The van der Waals surface area contributed by atoms with Gasteiger partial charge in [0.2, 0.25) is 0 Å². The first-order chi connectivity index (χ1) is 33.8. The Bertz CT molecular complexity index is 4160. The van der Waals surface area contributed by atoms with Gasteiger partial charge in [-0.2, -0.15) is 0 Å². The summed E-state index contributed by atoms with van der Waals surface area (Å²) in [5.74, 6) is 0. The molecular weight excluding hydrogens is 821 g/mol. The van der Waals surface area contributed by atoms with E-state index in [1.54, 1.807) is 0 Å². The molecule has 2 heteroatoms. The van der Waals surface area contributed by atoms with E-state index in [1.807, 2.05) is 0 Å². The van der Waals surface area contributed by atoms with E-state index in [1.165, 1.54) is 143 Å². The number of hydrogen-bond donors (Lipinski definition) is 0. The largest absolute Gasteiger partial charge is 0.308 e. The van der Waals surface area contributed by atoms with Crippen molar-refractivity contribution in [2.24, 2.45) is 0 Å². The molecule has 0 amide bonds. The van der Waals surface area contributed by atoms with Crippen molar-refractivity contribution < 1.29 is 0 Å². The van der Waals surface area contributed by atoms with Crippen molar-refractivity contribution in [1.82, 2.24) is 8.80 Å². The maximum atomic E-state index is 2.58. The highest BCUT2D eigenvalue weighted by Gasteiger charge is 2.29. The standard InChI is InChI=1S/C66H40N2/c1-5-19-41(20-6-1)47-29-17-31-49(59(47)43-23-9-3-10-24-43)45-35-37-53-57(39-45)67-55-33-15-13-27-51(55)62-64-54-38-36-46(40-58(54)68-56-34-16-14-28-52(56)61(66(64)68)63(53)65(62)67)50-32-18-30-48(42-21-7-2-8-22-42)60(50)44-25-11-4-12-26-44/h1-40H. The van der Waals surface area contributed by atoms with Gasteiger partial charge < -0.3 is 8.80 Å². The molecule has 4 heterocycles. The maximum absolute atomic E-state index is 2.58. The zero-order valence-corrected chi connectivity index (χ0v) is 37.0. The Balaban J connectivity index is 1.04. The number of benzene rings is 11. The molecule has 0 saturated carbocycles. The van der Waals surface area contributed by atoms with Crippen molar-refractivity contribution in [1.29, 1.82) is 0 Å². The maximum Gasteiger partial charge on any atom is 0.0634 e. The minimum atomic E-state index is 1.20. The van der Waals surface area contributed by atoms with Gasteiger partial charge in [-0.15, -0.1) is 0 Å². The number of fused-ring (bicyclic) bond motifs is 14. The van der Waals surface area contributed by atoms with Crippen LogP contribution in [0.2, 0.25) is 0 Å². The zero-order chi connectivity index (χ0) is 44.5. The van der Waals surface area contributed by atoms with E-state index in [4.69, 9.17) is 0 Å². The van der Waals surface area contributed by atoms with Crippen LogP contribution in [-0.2, 0) is 0 Å². The lowest BCUT2D eigenvalue weighted by molar-refractivity contribution is 1.37. The lowest BCUT2D eigenvalue weighted by Crippen LogP contribution is -1.91. The molecule has 0 spiro atoms. The van der Waals surface area contributed by atoms with Gasteiger partial charge in [0.25, 0.3) is 0 Å². The molecule has 0 N–H and O–H groups in total. The van der Waals surface area contributed by atoms with Gasteiger partial charge in [-0.3, -0.25) is 0 Å². The Labute approximate surface area is 392 Å². The predicted octanol–water partition coefficient (Wildman–Crippen LogP) is 18.0. The number of hydrogen-bond acceptors (Lipinski definition) is 0. The third-order valence-corrected chi connectivity index (χ3v) is 14.8. The first-order valence-corrected chi connectivity index (χ1v) is 23.6. The highest BCUT2D eigenvalue weighted by atomic mass is 14.9. The van der Waals surface area contributed by atoms with E-state index in [0.717, 1.165) is 0 Å². The molecule has 0 aliphatic carbocycles. The first-order valence-electron chi connectivity index (χ1n) is 23.6. The summed E-state index contributed by atoms with van der Waals surface area (Å²) in [7, 11) is 0. The fourth-order valence-corrected chi connectivity index (χ4v) is 12.0. The van der Waals surface area contributed by atoms with Gasteiger partial charge in [0, 0.05) is 43.1 Å². The van der Waals surface area contributed by atoms with E-state index < -0.39 is 0 Å². The van der Waals surface area contributed by atoms with E-state index in [-0.39, 0.29) is 0 Å². The van der Waals surface area contributed by atoms with Gasteiger partial charge in [0.1, 0.15) is 0 Å². The minimum absolute atomic E-state index is 1.20. The Morgan fingerprint density at radius 2 is 0.515 bits per heavy atom. The van der Waals surface area contributed by atoms with Crippen LogP contribution in [0.15, 0.2) is 243 Å². The molecule has 0 radical (unpaired) electrons. The molecule has 11 aromatic carbocycles. The van der Waals surface area contributed by atoms with Crippen LogP contribution in [0.3, 0.4) is 0 Å². The molecule has 15 rings (SSSR count). The topological polar surface area (TPSA) is 8.82 Å². The molecule has 0 aliphatic heterocycles. The van der Waals surface area contributed by atoms with Gasteiger partial charge in [-0.1, -0.05) is 218 Å². The van der Waals surface area contributed by atoms with Crippen LogP contribution in [0, 0.1) is 0 Å². The lowest BCUT2D eigenvalue weighted by atomic mass is 9.87. The molecule has 2 nitrogen and oxygen atoms in total. The van der Waals surface area contributed by atoms with Crippen LogP contribution in [-0.4, -0.2) is 8.80 Å². The molecule has 4 aromatic heterocycles. The molecule has 0 unspecified atom stereocenters. The number of nitrogens with zero attached hydrogens (tertiary/aromatic N) is 2. The molecule has 0 bridgehead atoms. The summed E-state index contributed by atoms with van der Waals surface area (Å²) < 4.78 is 5.16. The van der Waals surface area contributed by atoms with Crippen LogP contribution >= 0.6 is 0 Å². The van der Waals surface area contributed by atoms with Crippen molar-refractivity contribution in [3.8, 4) is 66.8 Å². The molecule has 314 valence electrons. The lowest BCUT2D eigenvalue weighted by Gasteiger charge is -2.16. The Hall–Kier alpha value is -8.98. The van der Waals surface area contributed by atoms with Gasteiger partial charge in [0.15, 0.2) is 0 Å². The molecule has 0 atom stereocenters. The molecule has 15 aromatic rings. The zero-order valence-electron chi connectivity index (χ0n) is 37.0. The average molecular weight is 861 g/mol. The van der Waals surface area contributed by atoms with Crippen LogP contribution in [0.25, 0.3) is 143 Å². The third kappa shape index (κ3) is 5.12. The highest BCUT2D eigenvalue weighted by molar-refractivity contribution is 6.45. The second kappa shape index (κ2) is 14.3. The fourth-order valence-electron chi connectivity index (χ4n) is 12.0. The fraction of sp³-hybridized carbons (Fsp3) is 0. The van der Waals surface area contributed by atoms with Crippen LogP contribution in [0.1, 0.15) is 0 Å². The number of rotatable bonds is 6. The van der Waals surface area contributed by atoms with Gasteiger partial charge >= 0.3 is 0 Å². The van der Waals surface area contributed by atoms with Crippen molar-refractivity contribution in [3.63, 3.8) is 0 Å². The summed E-state index contributed by atoms with van der Waals surface area (Å²) in [5, 5.41) is 10.4. The monoisotopic (exact) mass is 860 g/mol. The number of para-hydroxylation sites is 2. The Morgan fingerprint density at radius 3 is 0.897 bits per heavy atom. The molecule has 0 fully saturated rings. The highest BCUT2D eigenvalue weighted by Crippen LogP contribution is 2.53. The average Bonchev–Trinajstić information content (AvgIpc) is 4.15. The predicted molar refractivity (Wildman–Crippen MR) is 288 cm³/mol. The van der Waals surface area contributed by atoms with Gasteiger partial charge in [0.05, 0.1) is 33.1 Å². The first kappa shape index (κ1) is 37.3. The van der Waals surface area contributed by atoms with Crippen LogP contribution < -0.4 is 0 Å². The number of aromatic nitrogens is 2. The van der Waals surface area contributed by atoms with Crippen molar-refractivity contribution in [3.05, 3.63) is 243 Å². The van der Waals surface area contributed by atoms with Crippen molar-refractivity contribution >= 4 is 76.2 Å². The van der Waals surface area contributed by atoms with E-state index in [0.29, 0.717) is 0 Å². The summed E-state index contributed by atoms with van der Waals surface area (Å²) in [5.41, 5.74) is 22.2. The Morgan fingerprint density at radius 1 is 0.206 bits per heavy atom. The summed E-state index contributed by atoms with van der Waals surface area (Å²) in [6.45, 7) is 0. The van der Waals surface area contributed by atoms with Crippen LogP contribution in [0.4, 0.5) is 0 Å².